The lowest BCUT2D eigenvalue weighted by molar-refractivity contribution is -0.138. The van der Waals surface area contributed by atoms with Crippen LogP contribution in [-0.4, -0.2) is 26.6 Å². The molecule has 2 aromatic rings. The van der Waals surface area contributed by atoms with E-state index >= 15 is 0 Å². The zero-order valence-corrected chi connectivity index (χ0v) is 18.7. The van der Waals surface area contributed by atoms with Crippen LogP contribution in [0.5, 0.6) is 5.75 Å². The third-order valence-electron chi connectivity index (χ3n) is 4.54. The third kappa shape index (κ3) is 7.16. The number of anilines is 2. The Hall–Kier alpha value is -2.22. The van der Waals surface area contributed by atoms with Crippen molar-refractivity contribution in [2.75, 3.05) is 37.7 Å². The molecule has 0 aliphatic carbocycles. The van der Waals surface area contributed by atoms with E-state index in [2.05, 4.69) is 5.32 Å². The third-order valence-corrected chi connectivity index (χ3v) is 6.39. The van der Waals surface area contributed by atoms with E-state index < -0.39 is 19.3 Å². The number of nitrogens with one attached hydrogen (secondary N) is 1. The minimum atomic E-state index is -4.55. The largest absolute Gasteiger partial charge is 0.497 e. The maximum Gasteiger partial charge on any atom is 0.416 e. The molecule has 31 heavy (non-hydrogen) atoms. The summed E-state index contributed by atoms with van der Waals surface area (Å²) in [6.07, 6.45) is -4.21. The summed E-state index contributed by atoms with van der Waals surface area (Å²) in [5.74, 6) is 0.673. The highest BCUT2D eigenvalue weighted by atomic mass is 31.2. The van der Waals surface area contributed by atoms with Gasteiger partial charge in [-0.15, -0.1) is 0 Å². The van der Waals surface area contributed by atoms with Gasteiger partial charge in [-0.3, -0.25) is 4.57 Å². The summed E-state index contributed by atoms with van der Waals surface area (Å²) >= 11 is 0. The summed E-state index contributed by atoms with van der Waals surface area (Å²) in [6, 6.07) is 9.39. The average Bonchev–Trinajstić information content (AvgIpc) is 2.71. The topological polar surface area (TPSA) is 82.8 Å². The second-order valence-corrected chi connectivity index (χ2v) is 8.78. The predicted octanol–water partition coefficient (Wildman–Crippen LogP) is 5.72. The zero-order valence-electron chi connectivity index (χ0n) is 17.8. The first-order chi connectivity index (χ1) is 14.6. The zero-order chi connectivity index (χ0) is 23.1. The van der Waals surface area contributed by atoms with Gasteiger partial charge in [-0.1, -0.05) is 12.1 Å². The van der Waals surface area contributed by atoms with Crippen molar-refractivity contribution in [2.24, 2.45) is 0 Å². The van der Waals surface area contributed by atoms with Crippen LogP contribution in [0.2, 0.25) is 0 Å². The van der Waals surface area contributed by atoms with Gasteiger partial charge in [0, 0.05) is 0 Å². The van der Waals surface area contributed by atoms with Gasteiger partial charge in [-0.25, -0.2) is 0 Å². The number of halogens is 3. The van der Waals surface area contributed by atoms with E-state index in [9.17, 15) is 17.7 Å². The van der Waals surface area contributed by atoms with Crippen molar-refractivity contribution in [3.8, 4) is 5.75 Å². The highest BCUT2D eigenvalue weighted by Gasteiger charge is 2.34. The molecule has 0 bridgehead atoms. The first-order valence-electron chi connectivity index (χ1n) is 9.86. The average molecular weight is 460 g/mol. The number of alkyl halides is 3. The Bertz CT molecular complexity index is 895. The van der Waals surface area contributed by atoms with Gasteiger partial charge in [-0.05, 0) is 62.1 Å². The monoisotopic (exact) mass is 460 g/mol. The molecule has 172 valence electrons. The van der Waals surface area contributed by atoms with E-state index in [1.807, 2.05) is 12.1 Å². The van der Waals surface area contributed by atoms with Crippen molar-refractivity contribution < 1.29 is 31.5 Å². The van der Waals surface area contributed by atoms with Crippen molar-refractivity contribution in [3.05, 3.63) is 53.1 Å². The molecule has 0 spiro atoms. The molecule has 2 rings (SSSR count). The number of nitrogen functional groups attached to an aromatic ring is 1. The Balaban J connectivity index is 2.26. The standard InChI is InChI=1S/C21H28F3N2O4P/c1-4-29-31(27,30-5-2)14-26-20-12-16(18(13-19(20)25)21(22,23)24)9-6-15-7-10-17(28-3)11-8-15/h7-8,10-13,26H,4-6,9,14,25H2,1-3H3. The molecule has 0 unspecified atom stereocenters. The van der Waals surface area contributed by atoms with Gasteiger partial charge in [0.2, 0.25) is 0 Å². The number of methoxy groups -OCH3 is 1. The van der Waals surface area contributed by atoms with Gasteiger partial charge < -0.3 is 24.8 Å². The van der Waals surface area contributed by atoms with Crippen LogP contribution >= 0.6 is 7.60 Å². The van der Waals surface area contributed by atoms with Crippen molar-refractivity contribution in [2.45, 2.75) is 32.9 Å². The van der Waals surface area contributed by atoms with Crippen LogP contribution < -0.4 is 15.8 Å². The molecular formula is C21H28F3N2O4P. The van der Waals surface area contributed by atoms with Gasteiger partial charge in [0.15, 0.2) is 0 Å². The van der Waals surface area contributed by atoms with Gasteiger partial charge in [0.05, 0.1) is 37.3 Å². The van der Waals surface area contributed by atoms with Crippen LogP contribution in [0, 0.1) is 0 Å². The molecule has 6 nitrogen and oxygen atoms in total. The van der Waals surface area contributed by atoms with E-state index in [1.54, 1.807) is 33.1 Å². The lowest BCUT2D eigenvalue weighted by Crippen LogP contribution is -2.14. The normalized spacial score (nSPS) is 12.1. The van der Waals surface area contributed by atoms with Gasteiger partial charge in [-0.2, -0.15) is 13.2 Å². The minimum absolute atomic E-state index is 0.0858. The molecule has 0 fully saturated rings. The summed E-state index contributed by atoms with van der Waals surface area (Å²) < 4.78 is 68.9. The van der Waals surface area contributed by atoms with Crippen molar-refractivity contribution in [3.63, 3.8) is 0 Å². The van der Waals surface area contributed by atoms with Crippen molar-refractivity contribution in [1.29, 1.82) is 0 Å². The van der Waals surface area contributed by atoms with E-state index in [0.717, 1.165) is 11.6 Å². The predicted molar refractivity (Wildman–Crippen MR) is 116 cm³/mol. The molecule has 0 aliphatic rings. The number of benzene rings is 2. The summed E-state index contributed by atoms with van der Waals surface area (Å²) in [7, 11) is -1.89. The summed E-state index contributed by atoms with van der Waals surface area (Å²) in [6.45, 7) is 3.70. The summed E-state index contributed by atoms with van der Waals surface area (Å²) in [4.78, 5) is 0. The molecular weight excluding hydrogens is 432 g/mol. The Kier molecular flexibility index (Phi) is 8.79. The molecule has 0 aromatic heterocycles. The highest BCUT2D eigenvalue weighted by Crippen LogP contribution is 2.48. The molecule has 10 heteroatoms. The van der Waals surface area contributed by atoms with Crippen LogP contribution in [0.1, 0.15) is 30.5 Å². The molecule has 0 saturated heterocycles. The number of nitrogens with two attached hydrogens (primary N) is 1. The smallest absolute Gasteiger partial charge is 0.416 e. The number of hydrogen-bond acceptors (Lipinski definition) is 6. The molecule has 3 N–H and O–H groups in total. The first kappa shape index (κ1) is 25.0. The van der Waals surface area contributed by atoms with E-state index in [0.29, 0.717) is 12.2 Å². The number of hydrogen-bond donors (Lipinski definition) is 2. The van der Waals surface area contributed by atoms with E-state index in [1.165, 1.54) is 6.07 Å². The summed E-state index contributed by atoms with van der Waals surface area (Å²) in [5.41, 5.74) is 6.17. The maximum atomic E-state index is 13.6. The fourth-order valence-electron chi connectivity index (χ4n) is 3.06. The van der Waals surface area contributed by atoms with Crippen molar-refractivity contribution in [1.82, 2.24) is 0 Å². The van der Waals surface area contributed by atoms with Crippen LogP contribution in [0.4, 0.5) is 24.5 Å². The molecule has 0 heterocycles. The fraction of sp³-hybridized carbons (Fsp3) is 0.429. The number of ether oxygens (including phenoxy) is 1. The lowest BCUT2D eigenvalue weighted by Gasteiger charge is -2.21. The molecule has 0 atom stereocenters. The van der Waals surface area contributed by atoms with Crippen LogP contribution in [-0.2, 0) is 32.6 Å². The molecule has 0 radical (unpaired) electrons. The summed E-state index contributed by atoms with van der Waals surface area (Å²) in [5, 5.41) is 2.83. The van der Waals surface area contributed by atoms with Gasteiger partial charge in [0.1, 0.15) is 12.0 Å². The van der Waals surface area contributed by atoms with E-state index in [-0.39, 0.29) is 42.9 Å². The second-order valence-electron chi connectivity index (χ2n) is 6.72. The Morgan fingerprint density at radius 2 is 1.65 bits per heavy atom. The second kappa shape index (κ2) is 10.9. The van der Waals surface area contributed by atoms with Gasteiger partial charge in [0.25, 0.3) is 0 Å². The maximum absolute atomic E-state index is 13.6. The van der Waals surface area contributed by atoms with E-state index in [4.69, 9.17) is 19.5 Å². The first-order valence-corrected chi connectivity index (χ1v) is 11.6. The van der Waals surface area contributed by atoms with Gasteiger partial charge >= 0.3 is 13.8 Å². The fourth-order valence-corrected chi connectivity index (χ4v) is 4.47. The van der Waals surface area contributed by atoms with Crippen LogP contribution in [0.3, 0.4) is 0 Å². The molecule has 0 amide bonds. The Labute approximate surface area is 180 Å². The molecule has 0 aliphatic heterocycles. The Morgan fingerprint density at radius 3 is 2.16 bits per heavy atom. The van der Waals surface area contributed by atoms with Crippen LogP contribution in [0.25, 0.3) is 0 Å². The highest BCUT2D eigenvalue weighted by molar-refractivity contribution is 7.53. The SMILES string of the molecule is CCOP(=O)(CNc1cc(CCc2ccc(OC)cc2)c(C(F)(F)F)cc1N)OCC. The number of rotatable bonds is 11. The minimum Gasteiger partial charge on any atom is -0.497 e. The van der Waals surface area contributed by atoms with Crippen molar-refractivity contribution >= 4 is 19.0 Å². The lowest BCUT2D eigenvalue weighted by atomic mass is 9.98. The molecule has 2 aromatic carbocycles. The Morgan fingerprint density at radius 1 is 1.03 bits per heavy atom. The molecule has 0 saturated carbocycles. The number of aryl methyl sites for hydroxylation is 2. The quantitative estimate of drug-likeness (QED) is 0.330. The van der Waals surface area contributed by atoms with Crippen LogP contribution in [0.15, 0.2) is 36.4 Å².